The first-order valence-corrected chi connectivity index (χ1v) is 9.39. The van der Waals surface area contributed by atoms with Crippen molar-refractivity contribution >= 4 is 22.8 Å². The van der Waals surface area contributed by atoms with Crippen molar-refractivity contribution in [2.75, 3.05) is 0 Å². The Kier molecular flexibility index (Phi) is 4.50. The minimum Gasteiger partial charge on any atom is -0.315 e. The van der Waals surface area contributed by atoms with Crippen molar-refractivity contribution < 1.29 is 8.78 Å². The van der Waals surface area contributed by atoms with Crippen molar-refractivity contribution in [3.63, 3.8) is 0 Å². The van der Waals surface area contributed by atoms with Gasteiger partial charge < -0.3 is 4.57 Å². The fourth-order valence-corrected chi connectivity index (χ4v) is 3.78. The molecule has 0 saturated heterocycles. The first-order chi connectivity index (χ1) is 12.9. The summed E-state index contributed by atoms with van der Waals surface area (Å²) in [6, 6.07) is 6.85. The van der Waals surface area contributed by atoms with Crippen LogP contribution in [-0.4, -0.2) is 25.0 Å². The summed E-state index contributed by atoms with van der Waals surface area (Å²) in [4.78, 5) is 22.1. The van der Waals surface area contributed by atoms with E-state index >= 15 is 0 Å². The van der Waals surface area contributed by atoms with E-state index < -0.39 is 5.92 Å². The van der Waals surface area contributed by atoms with Crippen LogP contribution in [0.1, 0.15) is 44.3 Å². The molecular formula is C19H19ClF2N4O. The molecule has 0 amide bonds. The molecule has 1 aliphatic carbocycles. The molecule has 0 bridgehead atoms. The number of benzene rings is 1. The molecule has 0 N–H and O–H groups in total. The second-order valence-electron chi connectivity index (χ2n) is 6.92. The van der Waals surface area contributed by atoms with Crippen molar-refractivity contribution in [3.05, 3.63) is 51.8 Å². The highest BCUT2D eigenvalue weighted by atomic mass is 35.5. The summed E-state index contributed by atoms with van der Waals surface area (Å²) in [5, 5.41) is 0.551. The van der Waals surface area contributed by atoms with Crippen LogP contribution in [-0.2, 0) is 6.54 Å². The Morgan fingerprint density at radius 1 is 1.22 bits per heavy atom. The largest absolute Gasteiger partial charge is 0.315 e. The highest BCUT2D eigenvalue weighted by Crippen LogP contribution is 2.40. The van der Waals surface area contributed by atoms with Gasteiger partial charge >= 0.3 is 0 Å². The fourth-order valence-electron chi connectivity index (χ4n) is 3.66. The molecule has 142 valence electrons. The lowest BCUT2D eigenvalue weighted by Gasteiger charge is -2.29. The number of fused-ring (bicyclic) bond motifs is 1. The molecule has 0 radical (unpaired) electrons. The Balaban J connectivity index is 1.92. The Bertz CT molecular complexity index is 1030. The smallest absolute Gasteiger partial charge is 0.286 e. The van der Waals surface area contributed by atoms with Crippen LogP contribution in [0, 0.1) is 0 Å². The third-order valence-corrected chi connectivity index (χ3v) is 5.43. The molecular weight excluding hydrogens is 374 g/mol. The van der Waals surface area contributed by atoms with E-state index in [2.05, 4.69) is 4.98 Å². The number of aromatic nitrogens is 4. The van der Waals surface area contributed by atoms with E-state index in [0.29, 0.717) is 41.6 Å². The van der Waals surface area contributed by atoms with Crippen molar-refractivity contribution in [1.82, 2.24) is 19.1 Å². The average molecular weight is 393 g/mol. The summed E-state index contributed by atoms with van der Waals surface area (Å²) in [6.07, 6.45) is 1.78. The SMILES string of the molecule is CCn1cnc2c(=O)n(-c3ccc(Cl)cc3)c(C3CCC(F)(F)CC3)nc21. The van der Waals surface area contributed by atoms with Crippen molar-refractivity contribution in [3.8, 4) is 5.69 Å². The van der Waals surface area contributed by atoms with Gasteiger partial charge in [0.15, 0.2) is 11.2 Å². The summed E-state index contributed by atoms with van der Waals surface area (Å²) in [5.41, 5.74) is 1.09. The number of alkyl halides is 2. The van der Waals surface area contributed by atoms with Gasteiger partial charge in [0.1, 0.15) is 5.82 Å². The Labute approximate surface area is 159 Å². The Hall–Kier alpha value is -2.28. The molecule has 1 fully saturated rings. The van der Waals surface area contributed by atoms with E-state index in [1.54, 1.807) is 35.2 Å². The molecule has 2 aromatic heterocycles. The van der Waals surface area contributed by atoms with Crippen LogP contribution in [0.15, 0.2) is 35.4 Å². The van der Waals surface area contributed by atoms with Gasteiger partial charge in [0, 0.05) is 30.3 Å². The van der Waals surface area contributed by atoms with Crippen molar-refractivity contribution in [2.45, 2.75) is 51.0 Å². The lowest BCUT2D eigenvalue weighted by Crippen LogP contribution is -2.30. The standard InChI is InChI=1S/C19H19ClF2N4O/c1-2-25-11-23-15-17(25)24-16(12-7-9-19(21,22)10-8-12)26(18(15)27)14-5-3-13(20)4-6-14/h3-6,11-12H,2,7-10H2,1H3. The van der Waals surface area contributed by atoms with Crippen LogP contribution in [0.4, 0.5) is 8.78 Å². The zero-order chi connectivity index (χ0) is 19.2. The van der Waals surface area contributed by atoms with Crippen molar-refractivity contribution in [1.29, 1.82) is 0 Å². The van der Waals surface area contributed by atoms with Gasteiger partial charge in [-0.25, -0.2) is 18.7 Å². The maximum atomic E-state index is 13.6. The maximum Gasteiger partial charge on any atom is 0.286 e. The Morgan fingerprint density at radius 2 is 1.89 bits per heavy atom. The third kappa shape index (κ3) is 3.25. The van der Waals surface area contributed by atoms with Crippen LogP contribution in [0.25, 0.3) is 16.9 Å². The third-order valence-electron chi connectivity index (χ3n) is 5.17. The molecule has 27 heavy (non-hydrogen) atoms. The Morgan fingerprint density at radius 3 is 2.52 bits per heavy atom. The summed E-state index contributed by atoms with van der Waals surface area (Å²) in [6.45, 7) is 2.56. The van der Waals surface area contributed by atoms with Gasteiger partial charge in [-0.2, -0.15) is 0 Å². The molecule has 0 unspecified atom stereocenters. The number of hydrogen-bond acceptors (Lipinski definition) is 3. The predicted molar refractivity (Wildman–Crippen MR) is 100.0 cm³/mol. The second kappa shape index (κ2) is 6.71. The molecule has 1 aliphatic rings. The zero-order valence-corrected chi connectivity index (χ0v) is 15.6. The van der Waals surface area contributed by atoms with Gasteiger partial charge in [-0.05, 0) is 44.0 Å². The zero-order valence-electron chi connectivity index (χ0n) is 14.8. The van der Waals surface area contributed by atoms with E-state index in [9.17, 15) is 13.6 Å². The van der Waals surface area contributed by atoms with Gasteiger partial charge in [0.25, 0.3) is 5.56 Å². The molecule has 1 aromatic carbocycles. The van der Waals surface area contributed by atoms with Crippen molar-refractivity contribution in [2.24, 2.45) is 0 Å². The minimum atomic E-state index is -2.64. The molecule has 5 nitrogen and oxygen atoms in total. The summed E-state index contributed by atoms with van der Waals surface area (Å²) < 4.78 is 30.6. The number of halogens is 3. The average Bonchev–Trinajstić information content (AvgIpc) is 3.06. The molecule has 1 saturated carbocycles. The summed E-state index contributed by atoms with van der Waals surface area (Å²) >= 11 is 5.97. The normalized spacial score (nSPS) is 17.5. The van der Waals surface area contributed by atoms with E-state index in [0.717, 1.165) is 0 Å². The van der Waals surface area contributed by atoms with Gasteiger partial charge in [0.2, 0.25) is 5.92 Å². The molecule has 4 rings (SSSR count). The van der Waals surface area contributed by atoms with Crippen LogP contribution in [0.5, 0.6) is 0 Å². The fraction of sp³-hybridized carbons (Fsp3) is 0.421. The highest BCUT2D eigenvalue weighted by Gasteiger charge is 2.37. The quantitative estimate of drug-likeness (QED) is 0.657. The molecule has 0 aliphatic heterocycles. The monoisotopic (exact) mass is 392 g/mol. The number of imidazole rings is 1. The highest BCUT2D eigenvalue weighted by molar-refractivity contribution is 6.30. The van der Waals surface area contributed by atoms with Gasteiger partial charge in [-0.1, -0.05) is 11.6 Å². The van der Waals surface area contributed by atoms with E-state index in [-0.39, 0.29) is 29.8 Å². The van der Waals surface area contributed by atoms with Crippen LogP contribution in [0.2, 0.25) is 5.02 Å². The van der Waals surface area contributed by atoms with Crippen LogP contribution in [0.3, 0.4) is 0 Å². The molecule has 0 atom stereocenters. The lowest BCUT2D eigenvalue weighted by molar-refractivity contribution is -0.0389. The number of aryl methyl sites for hydroxylation is 1. The number of rotatable bonds is 3. The second-order valence-corrected chi connectivity index (χ2v) is 7.36. The molecule has 0 spiro atoms. The first kappa shape index (κ1) is 18.1. The topological polar surface area (TPSA) is 52.7 Å². The molecule has 3 aromatic rings. The van der Waals surface area contributed by atoms with Crippen LogP contribution < -0.4 is 5.56 Å². The minimum absolute atomic E-state index is 0.195. The maximum absolute atomic E-state index is 13.6. The van der Waals surface area contributed by atoms with Gasteiger partial charge in [-0.15, -0.1) is 0 Å². The number of nitrogens with zero attached hydrogens (tertiary/aromatic N) is 4. The first-order valence-electron chi connectivity index (χ1n) is 9.01. The van der Waals surface area contributed by atoms with E-state index in [4.69, 9.17) is 16.6 Å². The molecule has 2 heterocycles. The molecule has 8 heteroatoms. The summed E-state index contributed by atoms with van der Waals surface area (Å²) in [7, 11) is 0. The van der Waals surface area contributed by atoms with Crippen LogP contribution >= 0.6 is 11.6 Å². The number of hydrogen-bond donors (Lipinski definition) is 0. The summed E-state index contributed by atoms with van der Waals surface area (Å²) in [5.74, 6) is -2.34. The predicted octanol–water partition coefficient (Wildman–Crippen LogP) is 4.55. The lowest BCUT2D eigenvalue weighted by atomic mass is 9.86. The van der Waals surface area contributed by atoms with Gasteiger partial charge in [-0.3, -0.25) is 9.36 Å². The van der Waals surface area contributed by atoms with E-state index in [1.165, 1.54) is 4.57 Å². The van der Waals surface area contributed by atoms with E-state index in [1.807, 2.05) is 6.92 Å². The van der Waals surface area contributed by atoms with Gasteiger partial charge in [0.05, 0.1) is 12.0 Å².